The van der Waals surface area contributed by atoms with E-state index in [1.54, 1.807) is 7.11 Å². The molecule has 3 atom stereocenters. The van der Waals surface area contributed by atoms with Gasteiger partial charge in [0.05, 0.1) is 24.7 Å². The molecule has 0 radical (unpaired) electrons. The first-order chi connectivity index (χ1) is 13.9. The number of amides is 1. The zero-order valence-electron chi connectivity index (χ0n) is 17.4. The zero-order chi connectivity index (χ0) is 20.7. The van der Waals surface area contributed by atoms with Gasteiger partial charge in [0.15, 0.2) is 5.17 Å². The summed E-state index contributed by atoms with van der Waals surface area (Å²) >= 11 is 7.64. The molecule has 29 heavy (non-hydrogen) atoms. The van der Waals surface area contributed by atoms with Gasteiger partial charge in [0.2, 0.25) is 0 Å². The van der Waals surface area contributed by atoms with E-state index in [1.807, 2.05) is 17.0 Å². The number of fused-ring (bicyclic) bond motifs is 1. The molecule has 0 saturated carbocycles. The highest BCUT2D eigenvalue weighted by atomic mass is 35.5. The highest BCUT2D eigenvalue weighted by molar-refractivity contribution is 8.18. The molecule has 2 unspecified atom stereocenters. The Balaban J connectivity index is 1.69. The predicted octanol–water partition coefficient (Wildman–Crippen LogP) is 4.69. The number of likely N-dealkylation sites (tertiary alicyclic amines) is 1. The first-order valence-electron chi connectivity index (χ1n) is 10.3. The summed E-state index contributed by atoms with van der Waals surface area (Å²) in [6.07, 6.45) is 2.04. The monoisotopic (exact) mass is 433 g/mol. The second-order valence-electron chi connectivity index (χ2n) is 8.24. The fourth-order valence-corrected chi connectivity index (χ4v) is 6.08. The van der Waals surface area contributed by atoms with Gasteiger partial charge in [-0.05, 0) is 55.1 Å². The van der Waals surface area contributed by atoms with Gasteiger partial charge >= 0.3 is 0 Å². The molecule has 0 N–H and O–H groups in total. The molecule has 0 bridgehead atoms. The molecule has 1 aromatic rings. The van der Waals surface area contributed by atoms with E-state index in [2.05, 4.69) is 37.8 Å². The van der Waals surface area contributed by atoms with Crippen LogP contribution < -0.4 is 0 Å². The molecule has 3 aliphatic rings. The Kier molecular flexibility index (Phi) is 5.96. The van der Waals surface area contributed by atoms with E-state index in [0.717, 1.165) is 40.2 Å². The van der Waals surface area contributed by atoms with Gasteiger partial charge < -0.3 is 14.5 Å². The summed E-state index contributed by atoms with van der Waals surface area (Å²) in [4.78, 5) is 23.6. The number of hydrogen-bond acceptors (Lipinski definition) is 5. The average Bonchev–Trinajstić information content (AvgIpc) is 3.35. The molecule has 0 aliphatic carbocycles. The van der Waals surface area contributed by atoms with Crippen LogP contribution in [0.2, 0.25) is 5.02 Å². The number of amidine groups is 1. The van der Waals surface area contributed by atoms with Crippen molar-refractivity contribution in [2.45, 2.75) is 51.7 Å². The number of benzene rings is 1. The molecule has 1 aromatic carbocycles. The minimum Gasteiger partial charge on any atom is -0.383 e. The van der Waals surface area contributed by atoms with Crippen LogP contribution in [0.5, 0.6) is 0 Å². The van der Waals surface area contributed by atoms with Crippen molar-refractivity contribution in [3.63, 3.8) is 0 Å². The molecule has 0 spiro atoms. The Hall–Kier alpha value is -1.50. The number of halogens is 1. The smallest absolute Gasteiger partial charge is 0.262 e. The number of thioether (sulfide) groups is 1. The number of hydrogen-bond donors (Lipinski definition) is 0. The molecule has 0 aromatic heterocycles. The molecule has 5 nitrogen and oxygen atoms in total. The lowest BCUT2D eigenvalue weighted by molar-refractivity contribution is -0.128. The van der Waals surface area contributed by atoms with Gasteiger partial charge in [-0.25, -0.2) is 0 Å². The van der Waals surface area contributed by atoms with Crippen molar-refractivity contribution in [3.05, 3.63) is 45.5 Å². The van der Waals surface area contributed by atoms with E-state index in [1.165, 1.54) is 17.3 Å². The molecule has 7 heteroatoms. The second-order valence-corrected chi connectivity index (χ2v) is 9.65. The van der Waals surface area contributed by atoms with E-state index in [-0.39, 0.29) is 30.0 Å². The van der Waals surface area contributed by atoms with Gasteiger partial charge in [-0.2, -0.15) is 0 Å². The average molecular weight is 434 g/mol. The van der Waals surface area contributed by atoms with Crippen molar-refractivity contribution in [1.29, 1.82) is 0 Å². The van der Waals surface area contributed by atoms with Crippen LogP contribution in [0.4, 0.5) is 0 Å². The number of aliphatic imine (C=N–C) groups is 1. The summed E-state index contributed by atoms with van der Waals surface area (Å²) in [6, 6.07) is 8.36. The number of methoxy groups -OCH3 is 1. The SMILES string of the molecule is COC[C@@H]1CCCN1C(=O)C1=C(C(C)C)N2C(=NC(C)C2c2ccc(Cl)cc2)S1. The number of allylic oxidation sites excluding steroid dienone is 1. The number of ether oxygens (including phenoxy) is 1. The van der Waals surface area contributed by atoms with Crippen LogP contribution in [0.15, 0.2) is 39.9 Å². The summed E-state index contributed by atoms with van der Waals surface area (Å²) in [5, 5.41) is 1.66. The summed E-state index contributed by atoms with van der Waals surface area (Å²) in [7, 11) is 1.70. The lowest BCUT2D eigenvalue weighted by Gasteiger charge is -2.31. The number of carbonyl (C=O) groups is 1. The molecule has 1 amide bonds. The molecule has 1 fully saturated rings. The topological polar surface area (TPSA) is 45.1 Å². The van der Waals surface area contributed by atoms with Gasteiger partial charge in [0, 0.05) is 24.4 Å². The summed E-state index contributed by atoms with van der Waals surface area (Å²) in [5.41, 5.74) is 2.26. The fraction of sp³-hybridized carbons (Fsp3) is 0.545. The van der Waals surface area contributed by atoms with Crippen LogP contribution in [0.3, 0.4) is 0 Å². The van der Waals surface area contributed by atoms with Crippen LogP contribution in [-0.4, -0.2) is 53.2 Å². The Morgan fingerprint density at radius 3 is 2.72 bits per heavy atom. The van der Waals surface area contributed by atoms with Crippen LogP contribution in [0.25, 0.3) is 0 Å². The minimum absolute atomic E-state index is 0.0887. The van der Waals surface area contributed by atoms with E-state index < -0.39 is 0 Å². The van der Waals surface area contributed by atoms with Gasteiger partial charge in [0.25, 0.3) is 5.91 Å². The van der Waals surface area contributed by atoms with Gasteiger partial charge in [-0.3, -0.25) is 9.79 Å². The van der Waals surface area contributed by atoms with Crippen molar-refractivity contribution in [2.24, 2.45) is 10.9 Å². The lowest BCUT2D eigenvalue weighted by Crippen LogP contribution is -2.39. The third kappa shape index (κ3) is 3.71. The lowest BCUT2D eigenvalue weighted by atomic mass is 9.98. The molecular formula is C22H28ClN3O2S. The van der Waals surface area contributed by atoms with E-state index in [0.29, 0.717) is 6.61 Å². The Labute approximate surface area is 182 Å². The fourth-order valence-electron chi connectivity index (χ4n) is 4.60. The minimum atomic E-state index is 0.0887. The molecule has 3 heterocycles. The summed E-state index contributed by atoms with van der Waals surface area (Å²) in [6.45, 7) is 7.84. The first-order valence-corrected chi connectivity index (χ1v) is 11.5. The predicted molar refractivity (Wildman–Crippen MR) is 119 cm³/mol. The molecule has 156 valence electrons. The third-order valence-corrected chi connectivity index (χ3v) is 7.22. The number of nitrogens with zero attached hydrogens (tertiary/aromatic N) is 3. The van der Waals surface area contributed by atoms with Crippen LogP contribution >= 0.6 is 23.4 Å². The summed E-state index contributed by atoms with van der Waals surface area (Å²) in [5.74, 6) is 0.343. The van der Waals surface area contributed by atoms with Gasteiger partial charge in [-0.15, -0.1) is 0 Å². The molecule has 3 aliphatic heterocycles. The maximum atomic E-state index is 13.5. The van der Waals surface area contributed by atoms with Gasteiger partial charge in [-0.1, -0.05) is 37.6 Å². The van der Waals surface area contributed by atoms with E-state index in [9.17, 15) is 4.79 Å². The van der Waals surface area contributed by atoms with Crippen molar-refractivity contribution in [3.8, 4) is 0 Å². The maximum Gasteiger partial charge on any atom is 0.262 e. The Morgan fingerprint density at radius 2 is 2.07 bits per heavy atom. The van der Waals surface area contributed by atoms with E-state index >= 15 is 0 Å². The normalized spacial score (nSPS) is 26.6. The summed E-state index contributed by atoms with van der Waals surface area (Å²) < 4.78 is 5.35. The highest BCUT2D eigenvalue weighted by Gasteiger charge is 2.46. The van der Waals surface area contributed by atoms with E-state index in [4.69, 9.17) is 21.3 Å². The second kappa shape index (κ2) is 8.32. The number of rotatable bonds is 5. The largest absolute Gasteiger partial charge is 0.383 e. The molecular weight excluding hydrogens is 406 g/mol. The van der Waals surface area contributed by atoms with Crippen molar-refractivity contribution >= 4 is 34.4 Å². The number of carbonyl (C=O) groups excluding carboxylic acids is 1. The van der Waals surface area contributed by atoms with Crippen LogP contribution in [-0.2, 0) is 9.53 Å². The van der Waals surface area contributed by atoms with Gasteiger partial charge in [0.1, 0.15) is 4.91 Å². The van der Waals surface area contributed by atoms with Crippen molar-refractivity contribution < 1.29 is 9.53 Å². The quantitative estimate of drug-likeness (QED) is 0.675. The third-order valence-electron chi connectivity index (χ3n) is 5.89. The van der Waals surface area contributed by atoms with Crippen molar-refractivity contribution in [1.82, 2.24) is 9.80 Å². The van der Waals surface area contributed by atoms with Crippen LogP contribution in [0, 0.1) is 5.92 Å². The molecule has 1 saturated heterocycles. The first kappa shape index (κ1) is 20.8. The standard InChI is InChI=1S/C22H28ClN3O2S/c1-13(2)18-20(21(27)25-11-5-6-17(25)12-28-4)29-22-24-14(3)19(26(18)22)15-7-9-16(23)10-8-15/h7-10,13-14,17,19H,5-6,11-12H2,1-4H3/t14?,17-,19?/m0/s1. The Morgan fingerprint density at radius 1 is 1.34 bits per heavy atom. The Bertz CT molecular complexity index is 852. The maximum absolute atomic E-state index is 13.5. The molecule has 4 rings (SSSR count). The highest BCUT2D eigenvalue weighted by Crippen LogP contribution is 2.49. The van der Waals surface area contributed by atoms with Crippen LogP contribution in [0.1, 0.15) is 45.2 Å². The van der Waals surface area contributed by atoms with Crippen molar-refractivity contribution in [2.75, 3.05) is 20.3 Å². The zero-order valence-corrected chi connectivity index (χ0v) is 19.0.